The van der Waals surface area contributed by atoms with Crippen LogP contribution in [0.4, 0.5) is 5.13 Å². The van der Waals surface area contributed by atoms with Gasteiger partial charge >= 0.3 is 5.97 Å². The molecule has 1 atom stereocenters. The standard InChI is InChI=1S/C8H11ClN2O2S/c1-5(2-7(12)13)3-10-8-11-6(9)4-14-8/h4-5H,2-3H2,1H3,(H,10,11)(H,12,13). The summed E-state index contributed by atoms with van der Waals surface area (Å²) in [5, 5.41) is 14.5. The zero-order valence-electron chi connectivity index (χ0n) is 7.66. The van der Waals surface area contributed by atoms with Gasteiger partial charge in [-0.15, -0.1) is 11.3 Å². The summed E-state index contributed by atoms with van der Waals surface area (Å²) in [6.07, 6.45) is 0.159. The molecule has 1 heterocycles. The first kappa shape index (κ1) is 11.3. The van der Waals surface area contributed by atoms with Crippen LogP contribution < -0.4 is 5.32 Å². The maximum Gasteiger partial charge on any atom is 0.303 e. The molecule has 0 fully saturated rings. The summed E-state index contributed by atoms with van der Waals surface area (Å²) in [4.78, 5) is 14.4. The maximum absolute atomic E-state index is 10.4. The van der Waals surface area contributed by atoms with E-state index >= 15 is 0 Å². The number of thiazole rings is 1. The summed E-state index contributed by atoms with van der Waals surface area (Å²) in [6.45, 7) is 2.46. The first-order valence-corrected chi connectivity index (χ1v) is 5.40. The monoisotopic (exact) mass is 234 g/mol. The molecule has 0 aliphatic rings. The van der Waals surface area contributed by atoms with Crippen molar-refractivity contribution in [3.8, 4) is 0 Å². The summed E-state index contributed by atoms with van der Waals surface area (Å²) in [5.41, 5.74) is 0. The molecule has 0 bridgehead atoms. The predicted molar refractivity (Wildman–Crippen MR) is 57.0 cm³/mol. The van der Waals surface area contributed by atoms with E-state index in [2.05, 4.69) is 10.3 Å². The van der Waals surface area contributed by atoms with Crippen LogP contribution in [0, 0.1) is 5.92 Å². The van der Waals surface area contributed by atoms with Crippen LogP contribution in [-0.4, -0.2) is 22.6 Å². The second-order valence-corrected chi connectivity index (χ2v) is 4.30. The van der Waals surface area contributed by atoms with Gasteiger partial charge in [0, 0.05) is 18.3 Å². The van der Waals surface area contributed by atoms with E-state index in [4.69, 9.17) is 16.7 Å². The Morgan fingerprint density at radius 2 is 2.57 bits per heavy atom. The highest BCUT2D eigenvalue weighted by Gasteiger charge is 2.08. The molecule has 6 heteroatoms. The van der Waals surface area contributed by atoms with Crippen molar-refractivity contribution in [2.24, 2.45) is 5.92 Å². The van der Waals surface area contributed by atoms with Crippen molar-refractivity contribution in [3.05, 3.63) is 10.5 Å². The Hall–Kier alpha value is -0.810. The van der Waals surface area contributed by atoms with Crippen molar-refractivity contribution >= 4 is 34.0 Å². The zero-order chi connectivity index (χ0) is 10.6. The third-order valence-electron chi connectivity index (χ3n) is 1.60. The minimum absolute atomic E-state index is 0.0789. The molecule has 0 saturated heterocycles. The molecule has 1 aromatic heterocycles. The molecule has 1 rings (SSSR count). The second kappa shape index (κ2) is 5.17. The Morgan fingerprint density at radius 1 is 1.86 bits per heavy atom. The molecule has 2 N–H and O–H groups in total. The van der Waals surface area contributed by atoms with Gasteiger partial charge in [-0.3, -0.25) is 4.79 Å². The number of hydrogen-bond acceptors (Lipinski definition) is 4. The summed E-state index contributed by atoms with van der Waals surface area (Å²) in [6, 6.07) is 0. The summed E-state index contributed by atoms with van der Waals surface area (Å²) < 4.78 is 0. The van der Waals surface area contributed by atoms with E-state index in [0.717, 1.165) is 5.13 Å². The molecule has 0 saturated carbocycles. The van der Waals surface area contributed by atoms with Gasteiger partial charge in [-0.05, 0) is 5.92 Å². The van der Waals surface area contributed by atoms with Crippen LogP contribution in [0.1, 0.15) is 13.3 Å². The first-order valence-electron chi connectivity index (χ1n) is 4.14. The number of halogens is 1. The molecule has 0 aromatic carbocycles. The fourth-order valence-electron chi connectivity index (χ4n) is 0.967. The van der Waals surface area contributed by atoms with Crippen molar-refractivity contribution in [3.63, 3.8) is 0 Å². The maximum atomic E-state index is 10.4. The number of hydrogen-bond donors (Lipinski definition) is 2. The Morgan fingerprint density at radius 3 is 3.07 bits per heavy atom. The number of nitrogens with one attached hydrogen (secondary N) is 1. The SMILES string of the molecule is CC(CNc1nc(Cl)cs1)CC(=O)O. The van der Waals surface area contributed by atoms with Gasteiger partial charge in [-0.25, -0.2) is 4.98 Å². The highest BCUT2D eigenvalue weighted by Crippen LogP contribution is 2.19. The lowest BCUT2D eigenvalue weighted by molar-refractivity contribution is -0.137. The number of carboxylic acid groups (broad SMARTS) is 1. The molecule has 14 heavy (non-hydrogen) atoms. The van der Waals surface area contributed by atoms with Crippen molar-refractivity contribution in [2.75, 3.05) is 11.9 Å². The van der Waals surface area contributed by atoms with Gasteiger partial charge in [0.15, 0.2) is 5.13 Å². The van der Waals surface area contributed by atoms with Gasteiger partial charge in [0.25, 0.3) is 0 Å². The van der Waals surface area contributed by atoms with E-state index in [1.165, 1.54) is 11.3 Å². The third-order valence-corrected chi connectivity index (χ3v) is 2.72. The quantitative estimate of drug-likeness (QED) is 0.821. The second-order valence-electron chi connectivity index (χ2n) is 3.06. The van der Waals surface area contributed by atoms with Gasteiger partial charge in [0.2, 0.25) is 0 Å². The normalized spacial score (nSPS) is 12.4. The Kier molecular flexibility index (Phi) is 4.16. The van der Waals surface area contributed by atoms with Gasteiger partial charge < -0.3 is 10.4 Å². The number of carboxylic acids is 1. The topological polar surface area (TPSA) is 62.2 Å². The van der Waals surface area contributed by atoms with Crippen LogP contribution in [0.15, 0.2) is 5.38 Å². The average molecular weight is 235 g/mol. The van der Waals surface area contributed by atoms with Crippen molar-refractivity contribution in [2.45, 2.75) is 13.3 Å². The minimum atomic E-state index is -0.781. The van der Waals surface area contributed by atoms with Crippen LogP contribution in [0.2, 0.25) is 5.15 Å². The van der Waals surface area contributed by atoms with Crippen molar-refractivity contribution in [1.29, 1.82) is 0 Å². The van der Waals surface area contributed by atoms with Gasteiger partial charge in [0.05, 0.1) is 0 Å². The minimum Gasteiger partial charge on any atom is -0.481 e. The van der Waals surface area contributed by atoms with Crippen LogP contribution in [-0.2, 0) is 4.79 Å². The number of aromatic nitrogens is 1. The molecular formula is C8H11ClN2O2S. The Balaban J connectivity index is 2.30. The number of aliphatic carboxylic acids is 1. The van der Waals surface area contributed by atoms with Crippen LogP contribution in [0.25, 0.3) is 0 Å². The number of rotatable bonds is 5. The first-order chi connectivity index (χ1) is 6.58. The van der Waals surface area contributed by atoms with E-state index in [9.17, 15) is 4.79 Å². The lowest BCUT2D eigenvalue weighted by Crippen LogP contribution is -2.14. The molecule has 0 aliphatic heterocycles. The van der Waals surface area contributed by atoms with Crippen LogP contribution in [0.3, 0.4) is 0 Å². The summed E-state index contributed by atoms with van der Waals surface area (Å²) in [7, 11) is 0. The molecule has 0 amide bonds. The number of anilines is 1. The van der Waals surface area contributed by atoms with Gasteiger partial charge in [0.1, 0.15) is 5.15 Å². The van der Waals surface area contributed by atoms with Gasteiger partial charge in [-0.2, -0.15) is 0 Å². The van der Waals surface area contributed by atoms with E-state index in [1.54, 1.807) is 5.38 Å². The molecule has 78 valence electrons. The highest BCUT2D eigenvalue weighted by molar-refractivity contribution is 7.14. The molecule has 0 spiro atoms. The molecule has 1 unspecified atom stereocenters. The largest absolute Gasteiger partial charge is 0.481 e. The van der Waals surface area contributed by atoms with E-state index in [-0.39, 0.29) is 12.3 Å². The Bertz CT molecular complexity index is 316. The highest BCUT2D eigenvalue weighted by atomic mass is 35.5. The molecule has 0 radical (unpaired) electrons. The fraction of sp³-hybridized carbons (Fsp3) is 0.500. The van der Waals surface area contributed by atoms with E-state index in [0.29, 0.717) is 11.7 Å². The molecule has 0 aliphatic carbocycles. The third kappa shape index (κ3) is 3.93. The molecule has 4 nitrogen and oxygen atoms in total. The summed E-state index contributed by atoms with van der Waals surface area (Å²) in [5.74, 6) is -0.702. The fourth-order valence-corrected chi connectivity index (χ4v) is 1.81. The van der Waals surface area contributed by atoms with E-state index < -0.39 is 5.97 Å². The van der Waals surface area contributed by atoms with Crippen LogP contribution >= 0.6 is 22.9 Å². The average Bonchev–Trinajstić information content (AvgIpc) is 2.47. The lowest BCUT2D eigenvalue weighted by atomic mass is 10.1. The summed E-state index contributed by atoms with van der Waals surface area (Å²) >= 11 is 7.03. The van der Waals surface area contributed by atoms with Crippen LogP contribution in [0.5, 0.6) is 0 Å². The number of nitrogens with zero attached hydrogens (tertiary/aromatic N) is 1. The Labute approximate surface area is 90.9 Å². The number of carbonyl (C=O) groups is 1. The molecular weight excluding hydrogens is 224 g/mol. The smallest absolute Gasteiger partial charge is 0.303 e. The lowest BCUT2D eigenvalue weighted by Gasteiger charge is -2.08. The van der Waals surface area contributed by atoms with E-state index in [1.807, 2.05) is 6.92 Å². The zero-order valence-corrected chi connectivity index (χ0v) is 9.23. The van der Waals surface area contributed by atoms with Crippen molar-refractivity contribution < 1.29 is 9.90 Å². The van der Waals surface area contributed by atoms with Gasteiger partial charge in [-0.1, -0.05) is 18.5 Å². The predicted octanol–water partition coefficient (Wildman–Crippen LogP) is 2.32. The molecule has 1 aromatic rings. The van der Waals surface area contributed by atoms with Crippen molar-refractivity contribution in [1.82, 2.24) is 4.98 Å².